The molecule has 0 saturated carbocycles. The molecule has 1 aromatic carbocycles. The second kappa shape index (κ2) is 8.48. The third-order valence-corrected chi connectivity index (χ3v) is 4.05. The second-order valence-electron chi connectivity index (χ2n) is 6.06. The molecule has 0 atom stereocenters. The van der Waals surface area contributed by atoms with Crippen molar-refractivity contribution in [3.05, 3.63) is 35.9 Å². The molecule has 0 radical (unpaired) electrons. The van der Waals surface area contributed by atoms with Crippen molar-refractivity contribution in [1.29, 1.82) is 0 Å². The van der Waals surface area contributed by atoms with Crippen LogP contribution >= 0.6 is 0 Å². The summed E-state index contributed by atoms with van der Waals surface area (Å²) in [5.41, 5.74) is 1.34. The second-order valence-corrected chi connectivity index (χ2v) is 11.5. The molecular formula is C15H27NO2Si. The van der Waals surface area contributed by atoms with Gasteiger partial charge in [0.1, 0.15) is 0 Å². The Hall–Kier alpha value is -0.683. The van der Waals surface area contributed by atoms with Crippen molar-refractivity contribution < 1.29 is 9.47 Å². The van der Waals surface area contributed by atoms with E-state index in [0.29, 0.717) is 19.9 Å². The van der Waals surface area contributed by atoms with Gasteiger partial charge in [-0.2, -0.15) is 0 Å². The molecule has 0 heterocycles. The SMILES string of the molecule is COCCOCN(Cc1ccccc1)C[Si](C)(C)C. The normalized spacial score (nSPS) is 12.1. The van der Waals surface area contributed by atoms with Gasteiger partial charge in [-0.3, -0.25) is 4.90 Å². The van der Waals surface area contributed by atoms with Gasteiger partial charge in [0.25, 0.3) is 0 Å². The molecule has 1 rings (SSSR count). The van der Waals surface area contributed by atoms with Crippen molar-refractivity contribution in [2.24, 2.45) is 0 Å². The molecule has 3 nitrogen and oxygen atoms in total. The molecule has 19 heavy (non-hydrogen) atoms. The Kier molecular flexibility index (Phi) is 7.31. The molecule has 0 spiro atoms. The Bertz CT molecular complexity index is 338. The predicted molar refractivity (Wildman–Crippen MR) is 82.9 cm³/mol. The highest BCUT2D eigenvalue weighted by Gasteiger charge is 2.18. The van der Waals surface area contributed by atoms with E-state index in [4.69, 9.17) is 9.47 Å². The van der Waals surface area contributed by atoms with Gasteiger partial charge in [-0.15, -0.1) is 0 Å². The van der Waals surface area contributed by atoms with Gasteiger partial charge in [-0.1, -0.05) is 50.0 Å². The summed E-state index contributed by atoms with van der Waals surface area (Å²) >= 11 is 0. The van der Waals surface area contributed by atoms with Crippen molar-refractivity contribution in [3.8, 4) is 0 Å². The summed E-state index contributed by atoms with van der Waals surface area (Å²) in [4.78, 5) is 2.40. The van der Waals surface area contributed by atoms with E-state index in [1.54, 1.807) is 7.11 Å². The summed E-state index contributed by atoms with van der Waals surface area (Å²) < 4.78 is 10.7. The quantitative estimate of drug-likeness (QED) is 0.394. The summed E-state index contributed by atoms with van der Waals surface area (Å²) in [6.45, 7) is 10.1. The average Bonchev–Trinajstić information content (AvgIpc) is 2.34. The third-order valence-electron chi connectivity index (χ3n) is 2.65. The summed E-state index contributed by atoms with van der Waals surface area (Å²) in [6.07, 6.45) is 1.15. The molecule has 1 aromatic rings. The topological polar surface area (TPSA) is 21.7 Å². The molecule has 0 saturated heterocycles. The van der Waals surface area contributed by atoms with Crippen LogP contribution in [0.3, 0.4) is 0 Å². The minimum Gasteiger partial charge on any atom is -0.382 e. The molecule has 0 unspecified atom stereocenters. The van der Waals surface area contributed by atoms with Gasteiger partial charge in [-0.25, -0.2) is 0 Å². The van der Waals surface area contributed by atoms with Gasteiger partial charge in [0, 0.05) is 13.7 Å². The van der Waals surface area contributed by atoms with Gasteiger partial charge in [-0.05, 0) is 11.7 Å². The van der Waals surface area contributed by atoms with Crippen LogP contribution in [0.15, 0.2) is 30.3 Å². The van der Waals surface area contributed by atoms with Crippen LogP contribution in [0.4, 0.5) is 0 Å². The fraction of sp³-hybridized carbons (Fsp3) is 0.600. The maximum atomic E-state index is 5.68. The van der Waals surface area contributed by atoms with Crippen LogP contribution < -0.4 is 0 Å². The summed E-state index contributed by atoms with van der Waals surface area (Å²) in [7, 11) is 0.574. The Morgan fingerprint density at radius 2 is 1.74 bits per heavy atom. The van der Waals surface area contributed by atoms with E-state index >= 15 is 0 Å². The van der Waals surface area contributed by atoms with Gasteiger partial charge in [0.2, 0.25) is 0 Å². The van der Waals surface area contributed by atoms with E-state index in [1.807, 2.05) is 0 Å². The molecule has 4 heteroatoms. The summed E-state index contributed by atoms with van der Waals surface area (Å²) in [5, 5.41) is 0. The van der Waals surface area contributed by atoms with E-state index in [1.165, 1.54) is 5.56 Å². The van der Waals surface area contributed by atoms with Crippen molar-refractivity contribution in [2.75, 3.05) is 33.2 Å². The highest BCUT2D eigenvalue weighted by molar-refractivity contribution is 6.76. The van der Waals surface area contributed by atoms with Crippen LogP contribution in [0, 0.1) is 0 Å². The molecule has 0 aliphatic heterocycles. The molecule has 108 valence electrons. The van der Waals surface area contributed by atoms with E-state index in [-0.39, 0.29) is 0 Å². The minimum atomic E-state index is -1.13. The van der Waals surface area contributed by atoms with Gasteiger partial charge < -0.3 is 9.47 Å². The number of hydrogen-bond donors (Lipinski definition) is 0. The average molecular weight is 281 g/mol. The molecule has 0 aliphatic rings. The van der Waals surface area contributed by atoms with Crippen LogP contribution in [-0.4, -0.2) is 46.2 Å². The lowest BCUT2D eigenvalue weighted by Crippen LogP contribution is -2.41. The Balaban J connectivity index is 2.49. The van der Waals surface area contributed by atoms with E-state index in [2.05, 4.69) is 54.9 Å². The van der Waals surface area contributed by atoms with Crippen molar-refractivity contribution >= 4 is 8.07 Å². The monoisotopic (exact) mass is 281 g/mol. The molecular weight excluding hydrogens is 254 g/mol. The van der Waals surface area contributed by atoms with E-state index < -0.39 is 8.07 Å². The van der Waals surface area contributed by atoms with Crippen LogP contribution in [0.2, 0.25) is 19.6 Å². The van der Waals surface area contributed by atoms with Gasteiger partial charge >= 0.3 is 0 Å². The lowest BCUT2D eigenvalue weighted by molar-refractivity contribution is 0.00644. The lowest BCUT2D eigenvalue weighted by Gasteiger charge is -2.28. The first-order valence-electron chi connectivity index (χ1n) is 6.84. The number of methoxy groups -OCH3 is 1. The van der Waals surface area contributed by atoms with Crippen LogP contribution in [0.25, 0.3) is 0 Å². The number of rotatable bonds is 9. The zero-order valence-corrected chi connectivity index (χ0v) is 13.7. The fourth-order valence-corrected chi connectivity index (χ4v) is 3.54. The molecule has 0 aliphatic carbocycles. The van der Waals surface area contributed by atoms with Crippen molar-refractivity contribution in [2.45, 2.75) is 26.2 Å². The number of hydrogen-bond acceptors (Lipinski definition) is 3. The first-order valence-corrected chi connectivity index (χ1v) is 10.5. The third kappa shape index (κ3) is 8.16. The minimum absolute atomic E-state index is 0.659. The highest BCUT2D eigenvalue weighted by atomic mass is 28.3. The maximum absolute atomic E-state index is 5.68. The molecule has 0 N–H and O–H groups in total. The number of ether oxygens (including phenoxy) is 2. The van der Waals surface area contributed by atoms with Crippen molar-refractivity contribution in [1.82, 2.24) is 4.90 Å². The standard InChI is InChI=1S/C15H27NO2Si/c1-17-10-11-18-13-16(14-19(2,3)4)12-15-8-6-5-7-9-15/h5-9H,10-14H2,1-4H3. The van der Waals surface area contributed by atoms with Gasteiger partial charge in [0.15, 0.2) is 0 Å². The molecule has 0 bridgehead atoms. The van der Waals surface area contributed by atoms with Crippen LogP contribution in [-0.2, 0) is 16.0 Å². The highest BCUT2D eigenvalue weighted by Crippen LogP contribution is 2.09. The molecule has 0 fully saturated rings. The van der Waals surface area contributed by atoms with E-state index in [9.17, 15) is 0 Å². The molecule has 0 amide bonds. The largest absolute Gasteiger partial charge is 0.382 e. The fourth-order valence-electron chi connectivity index (χ4n) is 2.00. The first-order chi connectivity index (χ1) is 9.01. The Labute approximate surface area is 118 Å². The summed E-state index contributed by atoms with van der Waals surface area (Å²) in [5.74, 6) is 0. The van der Waals surface area contributed by atoms with Crippen LogP contribution in [0.1, 0.15) is 5.56 Å². The predicted octanol–water partition coefficient (Wildman–Crippen LogP) is 2.99. The number of benzene rings is 1. The molecule has 0 aromatic heterocycles. The zero-order chi connectivity index (χ0) is 14.1. The van der Waals surface area contributed by atoms with Crippen molar-refractivity contribution in [3.63, 3.8) is 0 Å². The maximum Gasteiger partial charge on any atom is 0.0991 e. The zero-order valence-electron chi connectivity index (χ0n) is 12.7. The Morgan fingerprint density at radius 3 is 2.32 bits per heavy atom. The first kappa shape index (κ1) is 16.4. The number of nitrogens with zero attached hydrogens (tertiary/aromatic N) is 1. The smallest absolute Gasteiger partial charge is 0.0991 e. The lowest BCUT2D eigenvalue weighted by atomic mass is 10.2. The van der Waals surface area contributed by atoms with E-state index in [0.717, 1.165) is 12.7 Å². The van der Waals surface area contributed by atoms with Gasteiger partial charge in [0.05, 0.1) is 28.0 Å². The Morgan fingerprint density at radius 1 is 1.05 bits per heavy atom. The summed E-state index contributed by atoms with van der Waals surface area (Å²) in [6, 6.07) is 10.6. The van der Waals surface area contributed by atoms with Crippen LogP contribution in [0.5, 0.6) is 0 Å².